The summed E-state index contributed by atoms with van der Waals surface area (Å²) in [4.78, 5) is 21.5. The molecule has 9 nitrogen and oxygen atoms in total. The molecule has 1 saturated heterocycles. The Balaban J connectivity index is 1.47. The predicted octanol–water partition coefficient (Wildman–Crippen LogP) is 2.86. The number of anilines is 2. The Morgan fingerprint density at radius 3 is 2.89 bits per heavy atom. The number of aryl methyl sites for hydroxylation is 1. The molecule has 1 amide bonds. The van der Waals surface area contributed by atoms with Crippen molar-refractivity contribution in [1.82, 2.24) is 19.7 Å². The number of hydrogen-bond acceptors (Lipinski definition) is 7. The molecule has 1 aliphatic heterocycles. The average Bonchev–Trinajstić information content (AvgIpc) is 2.99. The second-order valence-corrected chi connectivity index (χ2v) is 7.40. The fourth-order valence-corrected chi connectivity index (χ4v) is 3.20. The van der Waals surface area contributed by atoms with Crippen LogP contribution in [0.2, 0.25) is 0 Å². The van der Waals surface area contributed by atoms with E-state index in [-0.39, 0.29) is 17.7 Å². The number of carbonyl (C=O) groups is 1. The number of ether oxygens (including phenoxy) is 1. The SMILES string of the molecule is Cc1oc2ncnc(NC3(C)CC3)c2c1C(=O)Nc1cnn(C2CCO2)c1. The molecule has 1 aliphatic carbocycles. The van der Waals surface area contributed by atoms with Crippen molar-refractivity contribution in [1.29, 1.82) is 0 Å². The summed E-state index contributed by atoms with van der Waals surface area (Å²) in [6, 6.07) is 0. The Morgan fingerprint density at radius 1 is 1.37 bits per heavy atom. The molecule has 2 N–H and O–H groups in total. The molecule has 3 aromatic rings. The van der Waals surface area contributed by atoms with Gasteiger partial charge in [-0.1, -0.05) is 0 Å². The molecule has 1 atom stereocenters. The highest BCUT2D eigenvalue weighted by Crippen LogP contribution is 2.40. The fourth-order valence-electron chi connectivity index (χ4n) is 3.20. The van der Waals surface area contributed by atoms with E-state index in [1.807, 2.05) is 0 Å². The van der Waals surface area contributed by atoms with Crippen LogP contribution in [-0.4, -0.2) is 37.8 Å². The first-order valence-corrected chi connectivity index (χ1v) is 9.02. The standard InChI is InChI=1S/C18H20N6O3/c1-10-13(16(25)22-11-7-21-24(8-11)12-3-6-26-12)14-15(23-18(2)4-5-18)19-9-20-17(14)27-10/h7-9,12H,3-6H2,1-2H3,(H,22,25)(H,19,20,23). The van der Waals surface area contributed by atoms with E-state index >= 15 is 0 Å². The van der Waals surface area contributed by atoms with Gasteiger partial charge in [-0.3, -0.25) is 4.79 Å². The normalized spacial score (nSPS) is 20.3. The largest absolute Gasteiger partial charge is 0.442 e. The quantitative estimate of drug-likeness (QED) is 0.713. The number of hydrogen-bond donors (Lipinski definition) is 2. The number of amides is 1. The van der Waals surface area contributed by atoms with Crippen molar-refractivity contribution in [3.8, 4) is 0 Å². The lowest BCUT2D eigenvalue weighted by Crippen LogP contribution is -2.24. The molecule has 2 fully saturated rings. The van der Waals surface area contributed by atoms with Crippen LogP contribution in [0.1, 0.15) is 48.5 Å². The van der Waals surface area contributed by atoms with Gasteiger partial charge in [0.2, 0.25) is 5.71 Å². The Morgan fingerprint density at radius 2 is 2.19 bits per heavy atom. The number of nitrogens with one attached hydrogen (secondary N) is 2. The zero-order valence-corrected chi connectivity index (χ0v) is 15.2. The van der Waals surface area contributed by atoms with Gasteiger partial charge >= 0.3 is 0 Å². The second kappa shape index (κ2) is 5.78. The first-order valence-electron chi connectivity index (χ1n) is 9.02. The molecule has 0 aromatic carbocycles. The maximum absolute atomic E-state index is 13.0. The lowest BCUT2D eigenvalue weighted by Gasteiger charge is -2.26. The second-order valence-electron chi connectivity index (χ2n) is 7.40. The third kappa shape index (κ3) is 2.84. The molecule has 3 aromatic heterocycles. The third-order valence-electron chi connectivity index (χ3n) is 5.14. The van der Waals surface area contributed by atoms with Crippen molar-refractivity contribution in [3.05, 3.63) is 30.0 Å². The van der Waals surface area contributed by atoms with Crippen LogP contribution in [0.15, 0.2) is 23.1 Å². The summed E-state index contributed by atoms with van der Waals surface area (Å²) < 4.78 is 12.8. The Labute approximate surface area is 155 Å². The highest BCUT2D eigenvalue weighted by atomic mass is 16.5. The van der Waals surface area contributed by atoms with Gasteiger partial charge in [-0.25, -0.2) is 14.6 Å². The third-order valence-corrected chi connectivity index (χ3v) is 5.14. The molecule has 0 radical (unpaired) electrons. The zero-order chi connectivity index (χ0) is 18.6. The van der Waals surface area contributed by atoms with Crippen molar-refractivity contribution in [3.63, 3.8) is 0 Å². The van der Waals surface area contributed by atoms with Crippen LogP contribution in [0, 0.1) is 6.92 Å². The fraction of sp³-hybridized carbons (Fsp3) is 0.444. The van der Waals surface area contributed by atoms with Crippen LogP contribution >= 0.6 is 0 Å². The van der Waals surface area contributed by atoms with Crippen LogP contribution < -0.4 is 10.6 Å². The summed E-state index contributed by atoms with van der Waals surface area (Å²) in [6.07, 6.45) is 7.84. The van der Waals surface area contributed by atoms with Gasteiger partial charge in [0, 0.05) is 12.0 Å². The Bertz CT molecular complexity index is 1030. The molecule has 1 unspecified atom stereocenters. The minimum atomic E-state index is -0.279. The van der Waals surface area contributed by atoms with Crippen molar-refractivity contribution in [2.45, 2.75) is 44.9 Å². The number of rotatable bonds is 5. The summed E-state index contributed by atoms with van der Waals surface area (Å²) in [6.45, 7) is 4.62. The topological polar surface area (TPSA) is 107 Å². The van der Waals surface area contributed by atoms with Crippen LogP contribution in [0.4, 0.5) is 11.5 Å². The van der Waals surface area contributed by atoms with Crippen molar-refractivity contribution in [2.75, 3.05) is 17.2 Å². The highest BCUT2D eigenvalue weighted by molar-refractivity contribution is 6.15. The van der Waals surface area contributed by atoms with Gasteiger partial charge in [-0.2, -0.15) is 5.10 Å². The van der Waals surface area contributed by atoms with Crippen molar-refractivity contribution in [2.24, 2.45) is 0 Å². The molecule has 5 rings (SSSR count). The van der Waals surface area contributed by atoms with E-state index in [0.29, 0.717) is 33.9 Å². The smallest absolute Gasteiger partial charge is 0.260 e. The molecule has 1 saturated carbocycles. The van der Waals surface area contributed by atoms with Gasteiger partial charge in [0.15, 0.2) is 6.23 Å². The summed E-state index contributed by atoms with van der Waals surface area (Å²) >= 11 is 0. The Kier molecular flexibility index (Phi) is 3.48. The van der Waals surface area contributed by atoms with E-state index in [2.05, 4.69) is 32.6 Å². The number of nitrogens with zero attached hydrogens (tertiary/aromatic N) is 4. The monoisotopic (exact) mass is 368 g/mol. The number of aromatic nitrogens is 4. The summed E-state index contributed by atoms with van der Waals surface area (Å²) in [5.74, 6) is 0.849. The summed E-state index contributed by atoms with van der Waals surface area (Å²) in [5, 5.41) is 11.2. The van der Waals surface area contributed by atoms with E-state index in [4.69, 9.17) is 9.15 Å². The number of fused-ring (bicyclic) bond motifs is 1. The first-order chi connectivity index (χ1) is 13.0. The molecule has 2 aliphatic rings. The van der Waals surface area contributed by atoms with Gasteiger partial charge in [-0.05, 0) is 26.7 Å². The van der Waals surface area contributed by atoms with E-state index in [0.717, 1.165) is 25.9 Å². The van der Waals surface area contributed by atoms with Crippen molar-refractivity contribution < 1.29 is 13.9 Å². The van der Waals surface area contributed by atoms with Gasteiger partial charge < -0.3 is 19.8 Å². The van der Waals surface area contributed by atoms with Crippen LogP contribution in [0.3, 0.4) is 0 Å². The van der Waals surface area contributed by atoms with E-state index < -0.39 is 0 Å². The van der Waals surface area contributed by atoms with E-state index in [1.165, 1.54) is 6.33 Å². The summed E-state index contributed by atoms with van der Waals surface area (Å²) in [7, 11) is 0. The lowest BCUT2D eigenvalue weighted by atomic mass is 10.1. The summed E-state index contributed by atoms with van der Waals surface area (Å²) in [5.41, 5.74) is 1.46. The van der Waals surface area contributed by atoms with Gasteiger partial charge in [0.05, 0.1) is 35.6 Å². The molecule has 27 heavy (non-hydrogen) atoms. The molecular weight excluding hydrogens is 348 g/mol. The molecule has 0 spiro atoms. The molecule has 0 bridgehead atoms. The van der Waals surface area contributed by atoms with Gasteiger partial charge in [0.25, 0.3) is 5.91 Å². The van der Waals surface area contributed by atoms with Gasteiger partial charge in [0.1, 0.15) is 17.9 Å². The number of furan rings is 1. The van der Waals surface area contributed by atoms with Crippen LogP contribution in [-0.2, 0) is 4.74 Å². The Hall–Kier alpha value is -2.94. The van der Waals surface area contributed by atoms with E-state index in [1.54, 1.807) is 24.0 Å². The minimum absolute atomic E-state index is 0.0180. The minimum Gasteiger partial charge on any atom is -0.442 e. The van der Waals surface area contributed by atoms with Crippen molar-refractivity contribution >= 4 is 28.5 Å². The molecule has 140 valence electrons. The average molecular weight is 368 g/mol. The van der Waals surface area contributed by atoms with Crippen LogP contribution in [0.5, 0.6) is 0 Å². The molecule has 4 heterocycles. The first kappa shape index (κ1) is 16.2. The predicted molar refractivity (Wildman–Crippen MR) is 97.6 cm³/mol. The lowest BCUT2D eigenvalue weighted by molar-refractivity contribution is -0.106. The maximum atomic E-state index is 13.0. The zero-order valence-electron chi connectivity index (χ0n) is 15.2. The molecular formula is C18H20N6O3. The number of carbonyl (C=O) groups excluding carboxylic acids is 1. The van der Waals surface area contributed by atoms with Crippen LogP contribution in [0.25, 0.3) is 11.1 Å². The van der Waals surface area contributed by atoms with Gasteiger partial charge in [-0.15, -0.1) is 0 Å². The highest BCUT2D eigenvalue weighted by Gasteiger charge is 2.38. The molecule has 9 heteroatoms. The maximum Gasteiger partial charge on any atom is 0.260 e. The van der Waals surface area contributed by atoms with E-state index in [9.17, 15) is 4.79 Å².